The first-order valence-corrected chi connectivity index (χ1v) is 20.8. The summed E-state index contributed by atoms with van der Waals surface area (Å²) in [6, 6.07) is 72.0. The Hall–Kier alpha value is -8.14. The Kier molecular flexibility index (Phi) is 7.31. The number of hydrogen-bond donors (Lipinski definition) is 0. The average Bonchev–Trinajstić information content (AvgIpc) is 3.71. The van der Waals surface area contributed by atoms with E-state index in [1.54, 1.807) is 0 Å². The predicted molar refractivity (Wildman–Crippen MR) is 256 cm³/mol. The zero-order valence-electron chi connectivity index (χ0n) is 32.9. The van der Waals surface area contributed by atoms with Gasteiger partial charge in [-0.2, -0.15) is 0 Å². The zero-order chi connectivity index (χ0) is 40.0. The van der Waals surface area contributed by atoms with Crippen molar-refractivity contribution >= 4 is 86.8 Å². The van der Waals surface area contributed by atoms with Crippen molar-refractivity contribution in [1.29, 1.82) is 0 Å². The van der Waals surface area contributed by atoms with Crippen LogP contribution < -0.4 is 0 Å². The Morgan fingerprint density at radius 3 is 1.23 bits per heavy atom. The molecule has 2 heterocycles. The van der Waals surface area contributed by atoms with E-state index in [9.17, 15) is 0 Å². The molecule has 2 aromatic heterocycles. The lowest BCUT2D eigenvalue weighted by atomic mass is 9.86. The number of rotatable bonds is 4. The van der Waals surface area contributed by atoms with E-state index in [0.717, 1.165) is 60.4 Å². The normalized spacial score (nSPS) is 11.9. The highest BCUT2D eigenvalue weighted by atomic mass is 16.3. The van der Waals surface area contributed by atoms with Crippen LogP contribution in [0.15, 0.2) is 211 Å². The fraction of sp³-hybridized carbons (Fsp3) is 0. The molecule has 0 fully saturated rings. The van der Waals surface area contributed by atoms with Crippen LogP contribution >= 0.6 is 0 Å². The molecular weight excluding hydrogens is 741 g/mol. The first kappa shape index (κ1) is 33.8. The molecule has 0 aliphatic rings. The standard InChI is InChI=1S/C58H34N2O/c1-2-14-38-37(13-1)36(35-25-32-56-53(33-35)50-21-11-12-24-55(50)61-56)26-27-45(38)46-28-29-47(40-16-4-3-15-39(40)46)48-30-31-49(42-18-6-5-17-41(42)48)54-34-59-57-51-22-9-7-19-43(51)44-20-8-10-23-52(44)58(57)60-54/h1-34H. The van der Waals surface area contributed by atoms with Crippen molar-refractivity contribution in [2.45, 2.75) is 0 Å². The minimum atomic E-state index is 0.865. The van der Waals surface area contributed by atoms with Crippen molar-refractivity contribution in [1.82, 2.24) is 9.97 Å². The molecule has 3 nitrogen and oxygen atoms in total. The van der Waals surface area contributed by atoms with E-state index in [2.05, 4.69) is 188 Å². The monoisotopic (exact) mass is 774 g/mol. The smallest absolute Gasteiger partial charge is 0.135 e. The summed E-state index contributed by atoms with van der Waals surface area (Å²) >= 11 is 0. The average molecular weight is 775 g/mol. The van der Waals surface area contributed by atoms with Gasteiger partial charge >= 0.3 is 0 Å². The summed E-state index contributed by atoms with van der Waals surface area (Å²) in [4.78, 5) is 10.5. The number of furan rings is 1. The maximum absolute atomic E-state index is 6.17. The fourth-order valence-corrected chi connectivity index (χ4v) is 9.96. The first-order chi connectivity index (χ1) is 30.3. The highest BCUT2D eigenvalue weighted by molar-refractivity contribution is 6.23. The van der Waals surface area contributed by atoms with Crippen LogP contribution in [0.25, 0.3) is 131 Å². The largest absolute Gasteiger partial charge is 0.456 e. The summed E-state index contributed by atoms with van der Waals surface area (Å²) in [7, 11) is 0. The van der Waals surface area contributed by atoms with Crippen LogP contribution in [-0.4, -0.2) is 9.97 Å². The van der Waals surface area contributed by atoms with Crippen LogP contribution in [0, 0.1) is 0 Å². The summed E-state index contributed by atoms with van der Waals surface area (Å²) in [5, 5.41) is 14.1. The molecule has 0 N–H and O–H groups in total. The molecule has 0 aliphatic heterocycles. The van der Waals surface area contributed by atoms with E-state index in [1.165, 1.54) is 71.1 Å². The third-order valence-electron chi connectivity index (χ3n) is 12.7. The molecule has 0 saturated carbocycles. The van der Waals surface area contributed by atoms with Gasteiger partial charge in [0.25, 0.3) is 0 Å². The Labute approximate surface area is 350 Å². The summed E-state index contributed by atoms with van der Waals surface area (Å²) < 4.78 is 6.17. The molecule has 13 rings (SSSR count). The van der Waals surface area contributed by atoms with Gasteiger partial charge in [-0.1, -0.05) is 182 Å². The summed E-state index contributed by atoms with van der Waals surface area (Å²) in [6.07, 6.45) is 1.95. The number of para-hydroxylation sites is 1. The van der Waals surface area contributed by atoms with Crippen molar-refractivity contribution in [3.63, 3.8) is 0 Å². The van der Waals surface area contributed by atoms with Gasteiger partial charge in [-0.3, -0.25) is 4.98 Å². The Bertz CT molecular complexity index is 3920. The van der Waals surface area contributed by atoms with Gasteiger partial charge < -0.3 is 4.42 Å². The number of nitrogens with zero attached hydrogens (tertiary/aromatic N) is 2. The van der Waals surface area contributed by atoms with Crippen LogP contribution in [-0.2, 0) is 0 Å². The van der Waals surface area contributed by atoms with Gasteiger partial charge in [-0.25, -0.2) is 4.98 Å². The van der Waals surface area contributed by atoms with Gasteiger partial charge in [-0.05, 0) is 94.7 Å². The van der Waals surface area contributed by atoms with Gasteiger partial charge in [0.1, 0.15) is 11.2 Å². The highest BCUT2D eigenvalue weighted by Gasteiger charge is 2.19. The molecule has 0 bridgehead atoms. The topological polar surface area (TPSA) is 38.9 Å². The third-order valence-corrected chi connectivity index (χ3v) is 12.7. The molecule has 13 aromatic rings. The SMILES string of the molecule is c1ccc2c(c1)oc1ccc(-c3ccc(-c4ccc(-c5ccc(-c6cnc7c8ccccc8c8ccccc8c7n6)c6ccccc56)c5ccccc45)c4ccccc34)cc12. The minimum Gasteiger partial charge on any atom is -0.456 e. The number of hydrogen-bond acceptors (Lipinski definition) is 3. The molecule has 0 saturated heterocycles. The molecule has 0 radical (unpaired) electrons. The van der Waals surface area contributed by atoms with E-state index in [4.69, 9.17) is 14.4 Å². The lowest BCUT2D eigenvalue weighted by Crippen LogP contribution is -1.94. The summed E-state index contributed by atoms with van der Waals surface area (Å²) in [5.41, 5.74) is 12.8. The van der Waals surface area contributed by atoms with Crippen LogP contribution in [0.5, 0.6) is 0 Å². The molecular formula is C58H34N2O. The van der Waals surface area contributed by atoms with E-state index in [1.807, 2.05) is 18.3 Å². The van der Waals surface area contributed by atoms with E-state index < -0.39 is 0 Å². The quantitative estimate of drug-likeness (QED) is 0.167. The lowest BCUT2D eigenvalue weighted by Gasteiger charge is -2.17. The van der Waals surface area contributed by atoms with E-state index in [-0.39, 0.29) is 0 Å². The van der Waals surface area contributed by atoms with Crippen molar-refractivity contribution in [2.24, 2.45) is 0 Å². The first-order valence-electron chi connectivity index (χ1n) is 20.8. The van der Waals surface area contributed by atoms with Crippen molar-refractivity contribution in [2.75, 3.05) is 0 Å². The molecule has 11 aromatic carbocycles. The molecule has 3 heteroatoms. The van der Waals surface area contributed by atoms with Crippen molar-refractivity contribution in [3.8, 4) is 44.6 Å². The summed E-state index contributed by atoms with van der Waals surface area (Å²) in [5.74, 6) is 0. The maximum atomic E-state index is 6.17. The van der Waals surface area contributed by atoms with Crippen LogP contribution in [0.1, 0.15) is 0 Å². The number of benzene rings is 11. The Morgan fingerprint density at radius 1 is 0.279 bits per heavy atom. The predicted octanol–water partition coefficient (Wildman–Crippen LogP) is 16.0. The van der Waals surface area contributed by atoms with Crippen LogP contribution in [0.4, 0.5) is 0 Å². The van der Waals surface area contributed by atoms with Crippen molar-refractivity contribution < 1.29 is 4.42 Å². The molecule has 0 amide bonds. The van der Waals surface area contributed by atoms with E-state index >= 15 is 0 Å². The minimum absolute atomic E-state index is 0.865. The molecule has 0 spiro atoms. The summed E-state index contributed by atoms with van der Waals surface area (Å²) in [6.45, 7) is 0. The maximum Gasteiger partial charge on any atom is 0.135 e. The molecule has 0 atom stereocenters. The van der Waals surface area contributed by atoms with Crippen molar-refractivity contribution in [3.05, 3.63) is 206 Å². The number of fused-ring (bicyclic) bond motifs is 12. The van der Waals surface area contributed by atoms with Gasteiger partial charge in [0.2, 0.25) is 0 Å². The van der Waals surface area contributed by atoms with Gasteiger partial charge in [-0.15, -0.1) is 0 Å². The fourth-order valence-electron chi connectivity index (χ4n) is 9.96. The molecule has 61 heavy (non-hydrogen) atoms. The van der Waals surface area contributed by atoms with Gasteiger partial charge in [0.05, 0.1) is 22.9 Å². The molecule has 282 valence electrons. The number of aromatic nitrogens is 2. The lowest BCUT2D eigenvalue weighted by molar-refractivity contribution is 0.669. The van der Waals surface area contributed by atoms with Gasteiger partial charge in [0, 0.05) is 27.1 Å². The Balaban J connectivity index is 0.954. The van der Waals surface area contributed by atoms with Crippen LogP contribution in [0.3, 0.4) is 0 Å². The molecule has 0 aliphatic carbocycles. The second-order valence-corrected chi connectivity index (χ2v) is 16.0. The third kappa shape index (κ3) is 5.11. The molecule has 0 unspecified atom stereocenters. The second kappa shape index (κ2) is 13.2. The van der Waals surface area contributed by atoms with E-state index in [0.29, 0.717) is 0 Å². The van der Waals surface area contributed by atoms with Gasteiger partial charge in [0.15, 0.2) is 0 Å². The Morgan fingerprint density at radius 2 is 0.672 bits per heavy atom. The highest BCUT2D eigenvalue weighted by Crippen LogP contribution is 2.44. The second-order valence-electron chi connectivity index (χ2n) is 16.0. The zero-order valence-corrected chi connectivity index (χ0v) is 32.9. The van der Waals surface area contributed by atoms with Crippen LogP contribution in [0.2, 0.25) is 0 Å².